The van der Waals surface area contributed by atoms with Crippen LogP contribution in [0.1, 0.15) is 0 Å². The third-order valence-corrected chi connectivity index (χ3v) is 11.8. The first-order valence-electron chi connectivity index (χ1n) is 18.5. The molecule has 0 aliphatic carbocycles. The summed E-state index contributed by atoms with van der Waals surface area (Å²) in [6, 6.07) is 68.9. The molecule has 0 saturated carbocycles. The minimum Gasteiger partial charge on any atom is -0.292 e. The van der Waals surface area contributed by atoms with Gasteiger partial charge < -0.3 is 0 Å². The smallest absolute Gasteiger partial charge is 0.145 e. The molecule has 11 rings (SSSR count). The lowest BCUT2D eigenvalue weighted by Gasteiger charge is -2.12. The molecule has 0 unspecified atom stereocenters. The Morgan fingerprint density at radius 2 is 0.800 bits per heavy atom. The number of para-hydroxylation sites is 6. The van der Waals surface area contributed by atoms with Gasteiger partial charge in [0.1, 0.15) is 11.6 Å². The van der Waals surface area contributed by atoms with Gasteiger partial charge in [0.25, 0.3) is 0 Å². The van der Waals surface area contributed by atoms with Crippen LogP contribution in [0.15, 0.2) is 194 Å². The van der Waals surface area contributed by atoms with Crippen molar-refractivity contribution in [1.29, 1.82) is 0 Å². The topological polar surface area (TPSA) is 35.6 Å². The van der Waals surface area contributed by atoms with Crippen molar-refractivity contribution in [3.8, 4) is 56.4 Å². The largest absolute Gasteiger partial charge is 0.292 e. The molecule has 0 radical (unpaired) electrons. The van der Waals surface area contributed by atoms with E-state index in [1.165, 1.54) is 42.4 Å². The summed E-state index contributed by atoms with van der Waals surface area (Å²) >= 11 is 1.87. The Labute approximate surface area is 321 Å². The van der Waals surface area contributed by atoms with Gasteiger partial charge in [0.05, 0.1) is 22.1 Å². The minimum atomic E-state index is 0.934. The zero-order valence-corrected chi connectivity index (χ0v) is 30.5. The molecule has 0 aliphatic heterocycles. The lowest BCUT2D eigenvalue weighted by molar-refractivity contribution is 1.10. The first-order chi connectivity index (χ1) is 27.3. The maximum Gasteiger partial charge on any atom is 0.145 e. The van der Waals surface area contributed by atoms with Crippen LogP contribution in [0.2, 0.25) is 0 Å². The zero-order valence-electron chi connectivity index (χ0n) is 29.7. The molecule has 11 aromatic rings. The average molecular weight is 721 g/mol. The van der Waals surface area contributed by atoms with Gasteiger partial charge in [-0.2, -0.15) is 0 Å². The van der Waals surface area contributed by atoms with Gasteiger partial charge in [-0.15, -0.1) is 11.3 Å². The van der Waals surface area contributed by atoms with E-state index in [9.17, 15) is 0 Å². The second kappa shape index (κ2) is 12.8. The first-order valence-corrected chi connectivity index (χ1v) is 19.3. The fraction of sp³-hybridized carbons (Fsp3) is 0. The van der Waals surface area contributed by atoms with Crippen molar-refractivity contribution in [2.24, 2.45) is 0 Å². The van der Waals surface area contributed by atoms with Crippen LogP contribution in [0.3, 0.4) is 0 Å². The highest BCUT2D eigenvalue weighted by molar-refractivity contribution is 7.26. The zero-order chi connectivity index (χ0) is 36.3. The van der Waals surface area contributed by atoms with Crippen LogP contribution in [-0.4, -0.2) is 19.1 Å². The van der Waals surface area contributed by atoms with Crippen molar-refractivity contribution >= 4 is 53.6 Å². The molecule has 0 saturated heterocycles. The number of nitrogens with zero attached hydrogens (tertiary/aromatic N) is 4. The summed E-state index contributed by atoms with van der Waals surface area (Å²) in [4.78, 5) is 10.2. The molecule has 55 heavy (non-hydrogen) atoms. The summed E-state index contributed by atoms with van der Waals surface area (Å²) in [6.07, 6.45) is 0. The Bertz CT molecular complexity index is 3170. The molecule has 0 bridgehead atoms. The van der Waals surface area contributed by atoms with E-state index in [1.807, 2.05) is 11.3 Å². The van der Waals surface area contributed by atoms with E-state index in [2.05, 4.69) is 203 Å². The predicted octanol–water partition coefficient (Wildman–Crippen LogP) is 13.4. The van der Waals surface area contributed by atoms with Crippen LogP contribution >= 0.6 is 11.3 Å². The van der Waals surface area contributed by atoms with Crippen LogP contribution in [0.4, 0.5) is 0 Å². The molecule has 8 aromatic carbocycles. The summed E-state index contributed by atoms with van der Waals surface area (Å²) in [5, 5.41) is 2.57. The summed E-state index contributed by atoms with van der Waals surface area (Å²) in [6.45, 7) is 0. The van der Waals surface area contributed by atoms with Gasteiger partial charge in [0.2, 0.25) is 0 Å². The van der Waals surface area contributed by atoms with Crippen molar-refractivity contribution in [2.45, 2.75) is 0 Å². The standard InChI is InChI=1S/C50H32N4S/c1-3-13-37(14-4-1)53-44-20-10-8-18-42(44)51-49(53)35-27-23-33(24-28-35)39-31-32-40(48-47(39)41-17-7-12-22-46(41)55-48)34-25-29-36(30-26-34)50-52-43-19-9-11-21-45(43)54(50)38-15-5-2-6-16-38/h1-32H. The van der Waals surface area contributed by atoms with Crippen LogP contribution < -0.4 is 0 Å². The molecule has 0 atom stereocenters. The van der Waals surface area contributed by atoms with Gasteiger partial charge >= 0.3 is 0 Å². The Morgan fingerprint density at radius 3 is 1.36 bits per heavy atom. The fourth-order valence-electron chi connectivity index (χ4n) is 8.01. The van der Waals surface area contributed by atoms with E-state index in [0.717, 1.165) is 56.2 Å². The molecule has 3 heterocycles. The number of thiophene rings is 1. The second-order valence-corrected chi connectivity index (χ2v) is 14.9. The van der Waals surface area contributed by atoms with E-state index in [-0.39, 0.29) is 0 Å². The second-order valence-electron chi connectivity index (χ2n) is 13.8. The molecule has 0 amide bonds. The van der Waals surface area contributed by atoms with Gasteiger partial charge in [-0.25, -0.2) is 9.97 Å². The highest BCUT2D eigenvalue weighted by atomic mass is 32.1. The monoisotopic (exact) mass is 720 g/mol. The van der Waals surface area contributed by atoms with Crippen LogP contribution in [0.25, 0.3) is 98.6 Å². The summed E-state index contributed by atoms with van der Waals surface area (Å²) < 4.78 is 7.09. The summed E-state index contributed by atoms with van der Waals surface area (Å²) in [5.74, 6) is 1.87. The highest BCUT2D eigenvalue weighted by Gasteiger charge is 2.19. The van der Waals surface area contributed by atoms with Crippen molar-refractivity contribution in [2.75, 3.05) is 0 Å². The third kappa shape index (κ3) is 5.20. The Hall–Kier alpha value is -7.08. The van der Waals surface area contributed by atoms with Gasteiger partial charge in [-0.05, 0) is 76.9 Å². The van der Waals surface area contributed by atoms with E-state index in [1.54, 1.807) is 0 Å². The number of aromatic nitrogens is 4. The molecular formula is C50H32N4S. The summed E-state index contributed by atoms with van der Waals surface area (Å²) in [5.41, 5.74) is 13.3. The number of hydrogen-bond acceptors (Lipinski definition) is 3. The van der Waals surface area contributed by atoms with E-state index < -0.39 is 0 Å². The molecular weight excluding hydrogens is 689 g/mol. The first kappa shape index (κ1) is 31.4. The van der Waals surface area contributed by atoms with E-state index >= 15 is 0 Å². The lowest BCUT2D eigenvalue weighted by atomic mass is 9.94. The van der Waals surface area contributed by atoms with Gasteiger partial charge in [-0.1, -0.05) is 140 Å². The highest BCUT2D eigenvalue weighted by Crippen LogP contribution is 2.45. The number of rotatable bonds is 6. The third-order valence-electron chi connectivity index (χ3n) is 10.6. The Kier molecular flexibility index (Phi) is 7.32. The Balaban J connectivity index is 1.01. The molecule has 0 aliphatic rings. The fourth-order valence-corrected chi connectivity index (χ4v) is 9.27. The number of hydrogen-bond donors (Lipinski definition) is 0. The minimum absolute atomic E-state index is 0.934. The molecule has 258 valence electrons. The van der Waals surface area contributed by atoms with E-state index in [4.69, 9.17) is 9.97 Å². The van der Waals surface area contributed by atoms with E-state index in [0.29, 0.717) is 0 Å². The number of fused-ring (bicyclic) bond motifs is 5. The SMILES string of the molecule is c1ccc(-n2c(-c3ccc(-c4ccc(-c5ccc(-c6nc7ccccc7n6-c6ccccc6)cc5)c5c4sc4ccccc45)cc3)nc3ccccc32)cc1. The van der Waals surface area contributed by atoms with Crippen molar-refractivity contribution in [3.05, 3.63) is 194 Å². The van der Waals surface area contributed by atoms with Crippen molar-refractivity contribution < 1.29 is 0 Å². The van der Waals surface area contributed by atoms with Crippen LogP contribution in [-0.2, 0) is 0 Å². The maximum absolute atomic E-state index is 5.11. The number of benzene rings is 8. The molecule has 5 heteroatoms. The Morgan fingerprint density at radius 1 is 0.364 bits per heavy atom. The molecule has 0 fully saturated rings. The van der Waals surface area contributed by atoms with Crippen molar-refractivity contribution in [3.63, 3.8) is 0 Å². The average Bonchev–Trinajstić information content (AvgIpc) is 3.96. The number of imidazole rings is 2. The molecule has 4 nitrogen and oxygen atoms in total. The normalized spacial score (nSPS) is 11.6. The maximum atomic E-state index is 5.11. The van der Waals surface area contributed by atoms with Crippen molar-refractivity contribution in [1.82, 2.24) is 19.1 Å². The lowest BCUT2D eigenvalue weighted by Crippen LogP contribution is -1.97. The van der Waals surface area contributed by atoms with Gasteiger partial charge in [0.15, 0.2) is 0 Å². The molecule has 3 aromatic heterocycles. The molecule has 0 N–H and O–H groups in total. The van der Waals surface area contributed by atoms with Crippen LogP contribution in [0, 0.1) is 0 Å². The van der Waals surface area contributed by atoms with Gasteiger partial charge in [-0.3, -0.25) is 9.13 Å². The van der Waals surface area contributed by atoms with Crippen LogP contribution in [0.5, 0.6) is 0 Å². The quantitative estimate of drug-likeness (QED) is 0.171. The van der Waals surface area contributed by atoms with Gasteiger partial charge in [0, 0.05) is 42.7 Å². The summed E-state index contributed by atoms with van der Waals surface area (Å²) in [7, 11) is 0. The predicted molar refractivity (Wildman–Crippen MR) is 230 cm³/mol. The molecule has 0 spiro atoms.